The second-order valence-electron chi connectivity index (χ2n) is 1.62. The minimum Gasteiger partial charge on any atom is -0.496 e. The number of thiophene rings is 1. The van der Waals surface area contributed by atoms with Gasteiger partial charge < -0.3 is 4.74 Å². The van der Waals surface area contributed by atoms with Crippen molar-refractivity contribution < 1.29 is 4.74 Å². The number of methoxy groups -OCH3 is 1. The Morgan fingerprint density at radius 2 is 2.00 bits per heavy atom. The van der Waals surface area contributed by atoms with Crippen molar-refractivity contribution >= 4 is 11.3 Å². The van der Waals surface area contributed by atoms with Crippen LogP contribution in [0.5, 0.6) is 5.75 Å². The van der Waals surface area contributed by atoms with Crippen molar-refractivity contribution in [1.29, 1.82) is 0 Å². The van der Waals surface area contributed by atoms with Crippen molar-refractivity contribution in [1.82, 2.24) is 0 Å². The molecule has 0 fully saturated rings. The van der Waals surface area contributed by atoms with E-state index in [4.69, 9.17) is 4.74 Å². The molecule has 0 spiro atoms. The summed E-state index contributed by atoms with van der Waals surface area (Å²) in [6, 6.07) is 0. The molecule has 56 valence electrons. The lowest BCUT2D eigenvalue weighted by atomic mass is 10.4. The fourth-order valence-corrected chi connectivity index (χ4v) is 1.35. The molecule has 0 aliphatic rings. The molecule has 1 nitrogen and oxygen atoms in total. The molecule has 0 aliphatic heterocycles. The zero-order valence-corrected chi connectivity index (χ0v) is 7.20. The largest absolute Gasteiger partial charge is 0.496 e. The number of rotatable bonds is 1. The Bertz CT molecular complexity index is 181. The fraction of sp³-hybridized carbons (Fsp3) is 0.250. The van der Waals surface area contributed by atoms with Gasteiger partial charge >= 0.3 is 0 Å². The third-order valence-corrected chi connectivity index (χ3v) is 1.87. The van der Waals surface area contributed by atoms with Gasteiger partial charge in [-0.2, -0.15) is 0 Å². The third kappa shape index (κ3) is 2.23. The first-order valence-electron chi connectivity index (χ1n) is 2.91. The maximum atomic E-state index is 5.00. The number of hydrogen-bond donors (Lipinski definition) is 0. The summed E-state index contributed by atoms with van der Waals surface area (Å²) in [6.07, 6.45) is 0. The molecule has 0 saturated heterocycles. The highest BCUT2D eigenvalue weighted by molar-refractivity contribution is 7.08. The molecule has 1 heterocycles. The van der Waals surface area contributed by atoms with Gasteiger partial charge in [-0.3, -0.25) is 0 Å². The zero-order chi connectivity index (χ0) is 7.98. The van der Waals surface area contributed by atoms with Crippen molar-refractivity contribution in [3.63, 3.8) is 0 Å². The van der Waals surface area contributed by atoms with Crippen LogP contribution in [0.15, 0.2) is 23.9 Å². The van der Waals surface area contributed by atoms with Crippen molar-refractivity contribution in [2.24, 2.45) is 0 Å². The van der Waals surface area contributed by atoms with Crippen LogP contribution in [0, 0.1) is 6.92 Å². The standard InChI is InChI=1S/C6H8OS.C2H4/c1-5-3-8-4-6(5)7-2;1-2/h3-4H,1-2H3;1-2H2. The fourth-order valence-electron chi connectivity index (χ4n) is 0.558. The van der Waals surface area contributed by atoms with Gasteiger partial charge in [-0.05, 0) is 12.3 Å². The first kappa shape index (κ1) is 9.24. The van der Waals surface area contributed by atoms with Crippen LogP contribution in [0.3, 0.4) is 0 Å². The lowest BCUT2D eigenvalue weighted by molar-refractivity contribution is 0.414. The molecule has 2 heteroatoms. The Labute approximate surface area is 66.0 Å². The summed E-state index contributed by atoms with van der Waals surface area (Å²) < 4.78 is 5.00. The molecule has 10 heavy (non-hydrogen) atoms. The maximum absolute atomic E-state index is 5.00. The highest BCUT2D eigenvalue weighted by Crippen LogP contribution is 2.20. The van der Waals surface area contributed by atoms with E-state index < -0.39 is 0 Å². The molecule has 1 aromatic rings. The number of aryl methyl sites for hydroxylation is 1. The van der Waals surface area contributed by atoms with E-state index in [9.17, 15) is 0 Å². The number of hydrogen-bond acceptors (Lipinski definition) is 2. The van der Waals surface area contributed by atoms with Crippen LogP contribution in [0.4, 0.5) is 0 Å². The predicted molar refractivity (Wildman–Crippen MR) is 46.9 cm³/mol. The van der Waals surface area contributed by atoms with E-state index in [0.717, 1.165) is 5.75 Å². The van der Waals surface area contributed by atoms with Crippen LogP contribution in [0.2, 0.25) is 0 Å². The van der Waals surface area contributed by atoms with Gasteiger partial charge in [-0.15, -0.1) is 24.5 Å². The van der Waals surface area contributed by atoms with Gasteiger partial charge in [-0.25, -0.2) is 0 Å². The molecule has 0 aliphatic carbocycles. The molecule has 0 N–H and O–H groups in total. The maximum Gasteiger partial charge on any atom is 0.132 e. The van der Waals surface area contributed by atoms with Gasteiger partial charge in [0.1, 0.15) is 5.75 Å². The highest BCUT2D eigenvalue weighted by atomic mass is 32.1. The van der Waals surface area contributed by atoms with Gasteiger partial charge in [0.2, 0.25) is 0 Å². The Balaban J connectivity index is 0.000000371. The topological polar surface area (TPSA) is 9.23 Å². The molecule has 0 saturated carbocycles. The molecule has 1 rings (SSSR count). The van der Waals surface area contributed by atoms with Crippen molar-refractivity contribution in [3.8, 4) is 5.75 Å². The summed E-state index contributed by atoms with van der Waals surface area (Å²) in [5, 5.41) is 4.06. The molecular formula is C8H12OS. The Morgan fingerprint density at radius 1 is 1.40 bits per heavy atom. The van der Waals surface area contributed by atoms with Gasteiger partial charge in [0.25, 0.3) is 0 Å². The van der Waals surface area contributed by atoms with Gasteiger partial charge in [0.05, 0.1) is 7.11 Å². The molecule has 0 atom stereocenters. The van der Waals surface area contributed by atoms with E-state index in [2.05, 4.69) is 18.5 Å². The van der Waals surface area contributed by atoms with E-state index in [1.165, 1.54) is 5.56 Å². The van der Waals surface area contributed by atoms with Crippen molar-refractivity contribution in [3.05, 3.63) is 29.5 Å². The van der Waals surface area contributed by atoms with Crippen LogP contribution in [0.1, 0.15) is 5.56 Å². The summed E-state index contributed by atoms with van der Waals surface area (Å²) in [7, 11) is 1.69. The second kappa shape index (κ2) is 5.06. The van der Waals surface area contributed by atoms with Crippen LogP contribution >= 0.6 is 11.3 Å². The van der Waals surface area contributed by atoms with Crippen molar-refractivity contribution in [2.75, 3.05) is 7.11 Å². The van der Waals surface area contributed by atoms with E-state index in [1.807, 2.05) is 12.3 Å². The van der Waals surface area contributed by atoms with E-state index in [1.54, 1.807) is 18.4 Å². The molecule has 0 unspecified atom stereocenters. The lowest BCUT2D eigenvalue weighted by Gasteiger charge is -1.92. The van der Waals surface area contributed by atoms with E-state index >= 15 is 0 Å². The number of ether oxygens (including phenoxy) is 1. The van der Waals surface area contributed by atoms with E-state index in [0.29, 0.717) is 0 Å². The molecular weight excluding hydrogens is 144 g/mol. The van der Waals surface area contributed by atoms with Gasteiger partial charge in [0.15, 0.2) is 0 Å². The lowest BCUT2D eigenvalue weighted by Crippen LogP contribution is -1.79. The van der Waals surface area contributed by atoms with Crippen LogP contribution in [-0.2, 0) is 0 Å². The SMILES string of the molecule is C=C.COc1cscc1C. The second-order valence-corrected chi connectivity index (χ2v) is 2.37. The summed E-state index contributed by atoms with van der Waals surface area (Å²) >= 11 is 1.67. The van der Waals surface area contributed by atoms with Gasteiger partial charge in [0, 0.05) is 10.9 Å². The van der Waals surface area contributed by atoms with Crippen molar-refractivity contribution in [2.45, 2.75) is 6.92 Å². The Morgan fingerprint density at radius 3 is 2.20 bits per heavy atom. The smallest absolute Gasteiger partial charge is 0.132 e. The normalized spacial score (nSPS) is 7.80. The third-order valence-electron chi connectivity index (χ3n) is 1.03. The highest BCUT2D eigenvalue weighted by Gasteiger charge is 1.93. The minimum absolute atomic E-state index is 0.995. The van der Waals surface area contributed by atoms with Crippen LogP contribution < -0.4 is 4.74 Å². The monoisotopic (exact) mass is 156 g/mol. The Hall–Kier alpha value is -0.760. The first-order valence-corrected chi connectivity index (χ1v) is 3.85. The summed E-state index contributed by atoms with van der Waals surface area (Å²) in [6.45, 7) is 8.04. The zero-order valence-electron chi connectivity index (χ0n) is 6.39. The van der Waals surface area contributed by atoms with Crippen LogP contribution in [0.25, 0.3) is 0 Å². The molecule has 1 aromatic heterocycles. The average molecular weight is 156 g/mol. The molecule has 0 aromatic carbocycles. The molecule has 0 amide bonds. The summed E-state index contributed by atoms with van der Waals surface area (Å²) in [5.74, 6) is 0.995. The van der Waals surface area contributed by atoms with Crippen LogP contribution in [-0.4, -0.2) is 7.11 Å². The predicted octanol–water partition coefficient (Wildman–Crippen LogP) is 2.87. The molecule has 0 radical (unpaired) electrons. The summed E-state index contributed by atoms with van der Waals surface area (Å²) in [4.78, 5) is 0. The average Bonchev–Trinajstić information content (AvgIpc) is 2.39. The first-order chi connectivity index (χ1) is 4.84. The Kier molecular flexibility index (Phi) is 4.67. The van der Waals surface area contributed by atoms with Gasteiger partial charge in [-0.1, -0.05) is 0 Å². The summed E-state index contributed by atoms with van der Waals surface area (Å²) in [5.41, 5.74) is 1.22. The van der Waals surface area contributed by atoms with E-state index in [-0.39, 0.29) is 0 Å². The molecule has 0 bridgehead atoms. The quantitative estimate of drug-likeness (QED) is 0.568. The minimum atomic E-state index is 0.995.